The largest absolute Gasteiger partial charge is 0.493 e. The normalized spacial score (nSPS) is 12.3. The number of methoxy groups -OCH3 is 2. The van der Waals surface area contributed by atoms with Crippen LogP contribution in [0.25, 0.3) is 11.0 Å². The first kappa shape index (κ1) is 27.7. The van der Waals surface area contributed by atoms with Crippen molar-refractivity contribution in [1.29, 1.82) is 0 Å². The van der Waals surface area contributed by atoms with Crippen molar-refractivity contribution in [2.24, 2.45) is 0 Å². The molecular weight excluding hydrogens is 498 g/mol. The molecule has 10 heteroatoms. The highest BCUT2D eigenvalue weighted by molar-refractivity contribution is 5.89. The predicted molar refractivity (Wildman–Crippen MR) is 147 cm³/mol. The number of rotatable bonds is 10. The molecule has 0 saturated carbocycles. The standard InChI is InChI=1S/C29H35N5O5/c1-19-11-13-24(39-19)27(28(36)30-29(2,3)4)33(16-15-20-12-14-23(37-5)25(17-20)38-6)26(35)18-34-22-10-8-7-9-21(22)31-32-34/h7-14,17,27H,15-16,18H2,1-6H3,(H,30,36)/t27-/m1/s1. The number of amides is 2. The van der Waals surface area contributed by atoms with Gasteiger partial charge in [-0.05, 0) is 76.1 Å². The van der Waals surface area contributed by atoms with Crippen molar-refractivity contribution >= 4 is 22.8 Å². The van der Waals surface area contributed by atoms with E-state index in [2.05, 4.69) is 15.6 Å². The van der Waals surface area contributed by atoms with Crippen LogP contribution in [0.4, 0.5) is 0 Å². The van der Waals surface area contributed by atoms with E-state index in [-0.39, 0.29) is 24.9 Å². The average Bonchev–Trinajstić information content (AvgIpc) is 3.51. The molecule has 1 N–H and O–H groups in total. The molecule has 0 unspecified atom stereocenters. The second kappa shape index (κ2) is 11.6. The van der Waals surface area contributed by atoms with Gasteiger partial charge < -0.3 is 24.1 Å². The van der Waals surface area contributed by atoms with Gasteiger partial charge in [-0.1, -0.05) is 23.4 Å². The molecular formula is C29H35N5O5. The third-order valence-corrected chi connectivity index (χ3v) is 6.20. The Bertz CT molecular complexity index is 1450. The fourth-order valence-corrected chi connectivity index (χ4v) is 4.40. The maximum Gasteiger partial charge on any atom is 0.251 e. The lowest BCUT2D eigenvalue weighted by Crippen LogP contribution is -2.50. The van der Waals surface area contributed by atoms with E-state index in [0.717, 1.165) is 11.1 Å². The highest BCUT2D eigenvalue weighted by atomic mass is 16.5. The first-order chi connectivity index (χ1) is 18.6. The number of aromatic nitrogens is 3. The summed E-state index contributed by atoms with van der Waals surface area (Å²) in [5.74, 6) is 1.60. The number of fused-ring (bicyclic) bond motifs is 1. The van der Waals surface area contributed by atoms with Gasteiger partial charge in [0.25, 0.3) is 5.91 Å². The lowest BCUT2D eigenvalue weighted by molar-refractivity contribution is -0.142. The molecule has 0 bridgehead atoms. The van der Waals surface area contributed by atoms with Gasteiger partial charge in [-0.15, -0.1) is 5.10 Å². The molecule has 0 aliphatic carbocycles. The number of carbonyl (C=O) groups is 2. The Balaban J connectivity index is 1.70. The molecule has 4 rings (SSSR count). The molecule has 0 aliphatic rings. The number of ether oxygens (including phenoxy) is 2. The topological polar surface area (TPSA) is 112 Å². The number of hydrogen-bond donors (Lipinski definition) is 1. The van der Waals surface area contributed by atoms with Crippen LogP contribution in [0.3, 0.4) is 0 Å². The third kappa shape index (κ3) is 6.57. The fraction of sp³-hybridized carbons (Fsp3) is 0.379. The lowest BCUT2D eigenvalue weighted by Gasteiger charge is -2.32. The summed E-state index contributed by atoms with van der Waals surface area (Å²) >= 11 is 0. The minimum atomic E-state index is -0.986. The van der Waals surface area contributed by atoms with Crippen molar-refractivity contribution in [2.75, 3.05) is 20.8 Å². The summed E-state index contributed by atoms with van der Waals surface area (Å²) in [6, 6.07) is 15.6. The molecule has 10 nitrogen and oxygen atoms in total. The van der Waals surface area contributed by atoms with E-state index in [1.54, 1.807) is 42.9 Å². The number of furan rings is 1. The molecule has 2 heterocycles. The summed E-state index contributed by atoms with van der Waals surface area (Å²) in [4.78, 5) is 29.2. The molecule has 206 valence electrons. The molecule has 0 fully saturated rings. The van der Waals surface area contributed by atoms with Gasteiger partial charge in [0.2, 0.25) is 5.91 Å². The smallest absolute Gasteiger partial charge is 0.251 e. The van der Waals surface area contributed by atoms with Crippen molar-refractivity contribution in [3.63, 3.8) is 0 Å². The summed E-state index contributed by atoms with van der Waals surface area (Å²) < 4.78 is 18.3. The van der Waals surface area contributed by atoms with Gasteiger partial charge in [0.15, 0.2) is 17.5 Å². The molecule has 2 amide bonds. The van der Waals surface area contributed by atoms with Gasteiger partial charge in [-0.2, -0.15) is 0 Å². The highest BCUT2D eigenvalue weighted by Gasteiger charge is 2.35. The Labute approximate surface area is 227 Å². The molecule has 0 saturated heterocycles. The number of para-hydroxylation sites is 1. The fourth-order valence-electron chi connectivity index (χ4n) is 4.40. The molecule has 4 aromatic rings. The van der Waals surface area contributed by atoms with Gasteiger partial charge in [0.1, 0.15) is 23.6 Å². The van der Waals surface area contributed by atoms with E-state index < -0.39 is 11.6 Å². The summed E-state index contributed by atoms with van der Waals surface area (Å²) in [5, 5.41) is 11.4. The number of benzene rings is 2. The third-order valence-electron chi connectivity index (χ3n) is 6.20. The minimum Gasteiger partial charge on any atom is -0.493 e. The van der Waals surface area contributed by atoms with Crippen LogP contribution in [0.5, 0.6) is 11.5 Å². The maximum absolute atomic E-state index is 14.0. The zero-order valence-electron chi connectivity index (χ0n) is 23.2. The second-order valence-corrected chi connectivity index (χ2v) is 10.4. The monoisotopic (exact) mass is 533 g/mol. The van der Waals surface area contributed by atoms with Crippen molar-refractivity contribution in [3.05, 3.63) is 71.7 Å². The van der Waals surface area contributed by atoms with Crippen LogP contribution in [0.15, 0.2) is 59.0 Å². The molecule has 0 aliphatic heterocycles. The first-order valence-corrected chi connectivity index (χ1v) is 12.8. The average molecular weight is 534 g/mol. The van der Waals surface area contributed by atoms with Gasteiger partial charge in [0, 0.05) is 12.1 Å². The number of aryl methyl sites for hydroxylation is 1. The Kier molecular flexibility index (Phi) is 8.23. The number of hydrogen-bond acceptors (Lipinski definition) is 7. The van der Waals surface area contributed by atoms with Crippen LogP contribution in [0.2, 0.25) is 0 Å². The van der Waals surface area contributed by atoms with Crippen molar-refractivity contribution < 1.29 is 23.5 Å². The zero-order valence-corrected chi connectivity index (χ0v) is 23.2. The minimum absolute atomic E-state index is 0.0918. The van der Waals surface area contributed by atoms with E-state index in [4.69, 9.17) is 13.9 Å². The Hall–Kier alpha value is -4.34. The number of nitrogens with one attached hydrogen (secondary N) is 1. The SMILES string of the molecule is COc1ccc(CCN(C(=O)Cn2nnc3ccccc32)[C@@H](C(=O)NC(C)(C)C)c2ccc(C)o2)cc1OC. The van der Waals surface area contributed by atoms with Crippen molar-refractivity contribution in [2.45, 2.75) is 52.2 Å². The Morgan fingerprint density at radius 2 is 1.79 bits per heavy atom. The van der Waals surface area contributed by atoms with Crippen LogP contribution in [-0.2, 0) is 22.6 Å². The van der Waals surface area contributed by atoms with E-state index in [0.29, 0.717) is 35.0 Å². The summed E-state index contributed by atoms with van der Waals surface area (Å²) in [6.45, 7) is 7.64. The number of nitrogens with zero attached hydrogens (tertiary/aromatic N) is 4. The summed E-state index contributed by atoms with van der Waals surface area (Å²) in [7, 11) is 3.15. The van der Waals surface area contributed by atoms with Gasteiger partial charge >= 0.3 is 0 Å². The lowest BCUT2D eigenvalue weighted by atomic mass is 10.0. The molecule has 0 spiro atoms. The molecule has 39 heavy (non-hydrogen) atoms. The Morgan fingerprint density at radius 3 is 2.46 bits per heavy atom. The molecule has 1 atom stereocenters. The van der Waals surface area contributed by atoms with E-state index in [1.807, 2.05) is 63.2 Å². The van der Waals surface area contributed by atoms with Crippen molar-refractivity contribution in [1.82, 2.24) is 25.2 Å². The van der Waals surface area contributed by atoms with Gasteiger partial charge in [0.05, 0.1) is 19.7 Å². The summed E-state index contributed by atoms with van der Waals surface area (Å²) in [5.41, 5.74) is 1.82. The van der Waals surface area contributed by atoms with Crippen LogP contribution >= 0.6 is 0 Å². The molecule has 2 aromatic heterocycles. The second-order valence-electron chi connectivity index (χ2n) is 10.4. The predicted octanol–water partition coefficient (Wildman–Crippen LogP) is 4.08. The van der Waals surface area contributed by atoms with Crippen LogP contribution in [-0.4, -0.2) is 58.0 Å². The highest BCUT2D eigenvalue weighted by Crippen LogP contribution is 2.29. The van der Waals surface area contributed by atoms with E-state index in [1.165, 1.54) is 0 Å². The quantitative estimate of drug-likeness (QED) is 0.327. The zero-order chi connectivity index (χ0) is 28.2. The molecule has 2 aromatic carbocycles. The Morgan fingerprint density at radius 1 is 1.05 bits per heavy atom. The first-order valence-electron chi connectivity index (χ1n) is 12.8. The van der Waals surface area contributed by atoms with Crippen LogP contribution in [0, 0.1) is 6.92 Å². The van der Waals surface area contributed by atoms with Crippen LogP contribution < -0.4 is 14.8 Å². The summed E-state index contributed by atoms with van der Waals surface area (Å²) in [6.07, 6.45) is 0.461. The van der Waals surface area contributed by atoms with Gasteiger partial charge in [-0.3, -0.25) is 9.59 Å². The van der Waals surface area contributed by atoms with Crippen molar-refractivity contribution in [3.8, 4) is 11.5 Å². The molecule has 0 radical (unpaired) electrons. The van der Waals surface area contributed by atoms with Gasteiger partial charge in [-0.25, -0.2) is 4.68 Å². The van der Waals surface area contributed by atoms with Crippen LogP contribution in [0.1, 0.15) is 43.9 Å². The van der Waals surface area contributed by atoms with E-state index >= 15 is 0 Å². The van der Waals surface area contributed by atoms with E-state index in [9.17, 15) is 9.59 Å². The number of carbonyl (C=O) groups excluding carboxylic acids is 2. The maximum atomic E-state index is 14.0.